The largest absolute Gasteiger partial charge is 0.378 e. The van der Waals surface area contributed by atoms with Gasteiger partial charge in [0.2, 0.25) is 5.91 Å². The average molecular weight is 497 g/mol. The minimum absolute atomic E-state index is 0.111. The lowest BCUT2D eigenvalue weighted by Gasteiger charge is -2.17. The van der Waals surface area contributed by atoms with E-state index in [4.69, 9.17) is 11.6 Å². The van der Waals surface area contributed by atoms with E-state index in [2.05, 4.69) is 10.3 Å². The number of amides is 1. The molecule has 0 radical (unpaired) electrons. The van der Waals surface area contributed by atoms with Gasteiger partial charge >= 0.3 is 0 Å². The second-order valence-corrected chi connectivity index (χ2v) is 9.56. The molecule has 0 aliphatic rings. The van der Waals surface area contributed by atoms with Crippen LogP contribution in [-0.2, 0) is 4.79 Å². The minimum Gasteiger partial charge on any atom is -0.378 e. The number of anilines is 2. The van der Waals surface area contributed by atoms with Crippen LogP contribution in [0.1, 0.15) is 6.92 Å². The maximum absolute atomic E-state index is 13.8. The fourth-order valence-electron chi connectivity index (χ4n) is 3.34. The number of rotatable bonds is 6. The highest BCUT2D eigenvalue weighted by molar-refractivity contribution is 8.00. The number of halogens is 2. The molecule has 0 spiro atoms. The number of para-hydroxylation sites is 1. The third-order valence-corrected chi connectivity index (χ3v) is 6.55. The summed E-state index contributed by atoms with van der Waals surface area (Å²) in [6.45, 7) is 1.73. The molecule has 1 amide bonds. The summed E-state index contributed by atoms with van der Waals surface area (Å²) in [6, 6.07) is 18.5. The normalized spacial score (nSPS) is 11.9. The quantitative estimate of drug-likeness (QED) is 0.287. The van der Waals surface area contributed by atoms with Crippen molar-refractivity contribution >= 4 is 51.5 Å². The van der Waals surface area contributed by atoms with Gasteiger partial charge in [0.25, 0.3) is 5.56 Å². The Kier molecular flexibility index (Phi) is 6.90. The first-order valence-corrected chi connectivity index (χ1v) is 11.7. The second kappa shape index (κ2) is 9.87. The molecule has 1 heterocycles. The lowest BCUT2D eigenvalue weighted by Crippen LogP contribution is -2.26. The maximum Gasteiger partial charge on any atom is 0.266 e. The van der Waals surface area contributed by atoms with Crippen molar-refractivity contribution in [3.05, 3.63) is 87.9 Å². The Morgan fingerprint density at radius 2 is 1.82 bits per heavy atom. The van der Waals surface area contributed by atoms with Crippen LogP contribution in [0.2, 0.25) is 5.02 Å². The summed E-state index contributed by atoms with van der Waals surface area (Å²) in [4.78, 5) is 32.8. The van der Waals surface area contributed by atoms with Gasteiger partial charge in [-0.25, -0.2) is 9.37 Å². The van der Waals surface area contributed by atoms with E-state index in [9.17, 15) is 14.0 Å². The van der Waals surface area contributed by atoms with E-state index in [-0.39, 0.29) is 16.5 Å². The van der Waals surface area contributed by atoms with Gasteiger partial charge in [-0.3, -0.25) is 14.2 Å². The maximum atomic E-state index is 13.8. The first-order chi connectivity index (χ1) is 16.2. The number of nitrogens with zero attached hydrogens (tertiary/aromatic N) is 3. The molecule has 4 aromatic rings. The van der Waals surface area contributed by atoms with E-state index in [1.165, 1.54) is 22.8 Å². The molecule has 174 valence electrons. The predicted octanol–water partition coefficient (Wildman–Crippen LogP) is 5.36. The number of thioether (sulfide) groups is 1. The van der Waals surface area contributed by atoms with Gasteiger partial charge in [-0.2, -0.15) is 0 Å². The van der Waals surface area contributed by atoms with Crippen molar-refractivity contribution in [2.24, 2.45) is 0 Å². The predicted molar refractivity (Wildman–Crippen MR) is 137 cm³/mol. The molecule has 9 heteroatoms. The number of nitrogens with one attached hydrogen (secondary N) is 1. The Labute approximate surface area is 205 Å². The molecular weight excluding hydrogens is 475 g/mol. The smallest absolute Gasteiger partial charge is 0.266 e. The van der Waals surface area contributed by atoms with Crippen LogP contribution in [0.25, 0.3) is 16.6 Å². The molecule has 0 saturated heterocycles. The highest BCUT2D eigenvalue weighted by Gasteiger charge is 2.21. The molecule has 6 nitrogen and oxygen atoms in total. The number of benzene rings is 3. The SMILES string of the molecule is CC(Sc1nc2ccccc2c(=O)n1-c1ccc(F)c(Cl)c1)C(=O)Nc1ccc(N(C)C)cc1. The third kappa shape index (κ3) is 4.93. The molecule has 1 unspecified atom stereocenters. The summed E-state index contributed by atoms with van der Waals surface area (Å²) in [5.74, 6) is -0.830. The average Bonchev–Trinajstić information content (AvgIpc) is 2.81. The number of carbonyl (C=O) groups is 1. The highest BCUT2D eigenvalue weighted by atomic mass is 35.5. The Bertz CT molecular complexity index is 1420. The monoisotopic (exact) mass is 496 g/mol. The first kappa shape index (κ1) is 23.8. The molecule has 4 rings (SSSR count). The molecule has 0 bridgehead atoms. The zero-order chi connectivity index (χ0) is 24.4. The van der Waals surface area contributed by atoms with Crippen molar-refractivity contribution in [2.45, 2.75) is 17.3 Å². The molecule has 3 aromatic carbocycles. The number of hydrogen-bond donors (Lipinski definition) is 1. The number of fused-ring (bicyclic) bond motifs is 1. The first-order valence-electron chi connectivity index (χ1n) is 10.5. The molecule has 1 aromatic heterocycles. The summed E-state index contributed by atoms with van der Waals surface area (Å²) in [6.07, 6.45) is 0. The third-order valence-electron chi connectivity index (χ3n) is 5.21. The van der Waals surface area contributed by atoms with E-state index in [0.717, 1.165) is 17.4 Å². The van der Waals surface area contributed by atoms with Crippen LogP contribution in [0.5, 0.6) is 0 Å². The molecule has 1 atom stereocenters. The van der Waals surface area contributed by atoms with E-state index < -0.39 is 11.1 Å². The topological polar surface area (TPSA) is 67.2 Å². The van der Waals surface area contributed by atoms with Crippen LogP contribution >= 0.6 is 23.4 Å². The van der Waals surface area contributed by atoms with Gasteiger partial charge in [0.1, 0.15) is 5.82 Å². The lowest BCUT2D eigenvalue weighted by molar-refractivity contribution is -0.115. The zero-order valence-electron chi connectivity index (χ0n) is 18.8. The van der Waals surface area contributed by atoms with E-state index in [0.29, 0.717) is 27.4 Å². The fourth-order valence-corrected chi connectivity index (χ4v) is 4.44. The van der Waals surface area contributed by atoms with Gasteiger partial charge in [0, 0.05) is 25.5 Å². The fraction of sp³-hybridized carbons (Fsp3) is 0.160. The lowest BCUT2D eigenvalue weighted by atomic mass is 10.2. The van der Waals surface area contributed by atoms with Crippen LogP contribution in [0.4, 0.5) is 15.8 Å². The highest BCUT2D eigenvalue weighted by Crippen LogP contribution is 2.28. The minimum atomic E-state index is -0.588. The molecule has 0 aliphatic heterocycles. The van der Waals surface area contributed by atoms with E-state index in [1.807, 2.05) is 43.3 Å². The Morgan fingerprint density at radius 3 is 2.50 bits per heavy atom. The van der Waals surface area contributed by atoms with Crippen LogP contribution < -0.4 is 15.8 Å². The number of hydrogen-bond acceptors (Lipinski definition) is 5. The van der Waals surface area contributed by atoms with Crippen molar-refractivity contribution in [1.82, 2.24) is 9.55 Å². The summed E-state index contributed by atoms with van der Waals surface area (Å²) in [7, 11) is 3.88. The summed E-state index contributed by atoms with van der Waals surface area (Å²) < 4.78 is 15.1. The Hall–Kier alpha value is -3.36. The van der Waals surface area contributed by atoms with Crippen molar-refractivity contribution in [1.29, 1.82) is 0 Å². The number of carbonyl (C=O) groups excluding carboxylic acids is 1. The van der Waals surface area contributed by atoms with Crippen molar-refractivity contribution < 1.29 is 9.18 Å². The van der Waals surface area contributed by atoms with Crippen LogP contribution in [0.3, 0.4) is 0 Å². The van der Waals surface area contributed by atoms with Crippen LogP contribution in [-0.4, -0.2) is 34.8 Å². The number of aromatic nitrogens is 2. The van der Waals surface area contributed by atoms with E-state index in [1.54, 1.807) is 31.2 Å². The van der Waals surface area contributed by atoms with Crippen LogP contribution in [0, 0.1) is 5.82 Å². The van der Waals surface area contributed by atoms with Gasteiger partial charge in [0.05, 0.1) is 26.9 Å². The van der Waals surface area contributed by atoms with Crippen LogP contribution in [0.15, 0.2) is 76.7 Å². The molecular formula is C25H22ClFN4O2S. The summed E-state index contributed by atoms with van der Waals surface area (Å²) in [5, 5.41) is 2.91. The van der Waals surface area contributed by atoms with Crippen molar-refractivity contribution in [2.75, 3.05) is 24.3 Å². The van der Waals surface area contributed by atoms with Crippen molar-refractivity contribution in [3.63, 3.8) is 0 Å². The molecule has 0 fully saturated rings. The van der Waals surface area contributed by atoms with Crippen molar-refractivity contribution in [3.8, 4) is 5.69 Å². The summed E-state index contributed by atoms with van der Waals surface area (Å²) in [5.41, 5.74) is 2.22. The zero-order valence-corrected chi connectivity index (χ0v) is 20.3. The van der Waals surface area contributed by atoms with Gasteiger partial charge in [0.15, 0.2) is 5.16 Å². The standard InChI is InChI=1S/C25H22ClFN4O2S/c1-15(23(32)28-16-8-10-17(11-9-16)30(2)3)34-25-29-22-7-5-4-6-19(22)24(33)31(25)18-12-13-21(27)20(26)14-18/h4-15H,1-3H3,(H,28,32). The molecule has 0 aliphatic carbocycles. The Balaban J connectivity index is 1.68. The molecule has 0 saturated carbocycles. The van der Waals surface area contributed by atoms with Gasteiger partial charge in [-0.05, 0) is 61.5 Å². The Morgan fingerprint density at radius 1 is 1.12 bits per heavy atom. The van der Waals surface area contributed by atoms with Gasteiger partial charge in [-0.1, -0.05) is 35.5 Å². The van der Waals surface area contributed by atoms with E-state index >= 15 is 0 Å². The molecule has 34 heavy (non-hydrogen) atoms. The second-order valence-electron chi connectivity index (χ2n) is 7.84. The summed E-state index contributed by atoms with van der Waals surface area (Å²) >= 11 is 7.11. The van der Waals surface area contributed by atoms with Gasteiger partial charge in [-0.15, -0.1) is 0 Å². The van der Waals surface area contributed by atoms with Gasteiger partial charge < -0.3 is 10.2 Å². The molecule has 1 N–H and O–H groups in total.